The summed E-state index contributed by atoms with van der Waals surface area (Å²) in [6.45, 7) is 0. The lowest BCUT2D eigenvalue weighted by Crippen LogP contribution is -2.08. The molecule has 0 atom stereocenters. The highest BCUT2D eigenvalue weighted by atomic mass is 32.1. The van der Waals surface area contributed by atoms with Gasteiger partial charge in [-0.3, -0.25) is 0 Å². The molecular formula is C17H18N4S. The Bertz CT molecular complexity index is 821. The largest absolute Gasteiger partial charge is 0.378 e. The molecule has 0 spiro atoms. The van der Waals surface area contributed by atoms with Crippen molar-refractivity contribution in [1.82, 2.24) is 9.97 Å². The van der Waals surface area contributed by atoms with Crippen molar-refractivity contribution in [1.29, 1.82) is 0 Å². The van der Waals surface area contributed by atoms with Crippen molar-refractivity contribution < 1.29 is 0 Å². The number of benzene rings is 1. The number of fused-ring (bicyclic) bond motifs is 3. The highest BCUT2D eigenvalue weighted by Gasteiger charge is 2.21. The third-order valence-electron chi connectivity index (χ3n) is 4.15. The molecular weight excluding hydrogens is 292 g/mol. The first kappa shape index (κ1) is 13.5. The van der Waals surface area contributed by atoms with Crippen LogP contribution < -0.4 is 10.2 Å². The van der Waals surface area contributed by atoms with Crippen LogP contribution in [0.5, 0.6) is 0 Å². The zero-order valence-corrected chi connectivity index (χ0v) is 13.6. The maximum atomic E-state index is 4.48. The van der Waals surface area contributed by atoms with Crippen LogP contribution in [0.25, 0.3) is 10.2 Å². The second-order valence-corrected chi connectivity index (χ2v) is 6.91. The summed E-state index contributed by atoms with van der Waals surface area (Å²) in [5, 5.41) is 4.69. The maximum Gasteiger partial charge on any atom is 0.142 e. The van der Waals surface area contributed by atoms with Gasteiger partial charge in [-0.1, -0.05) is 0 Å². The maximum absolute atomic E-state index is 4.48. The minimum atomic E-state index is 0.932. The molecule has 0 bridgehead atoms. The van der Waals surface area contributed by atoms with Gasteiger partial charge in [0.05, 0.1) is 5.39 Å². The lowest BCUT2D eigenvalue weighted by atomic mass is 10.2. The van der Waals surface area contributed by atoms with Crippen LogP contribution in [0.2, 0.25) is 0 Å². The monoisotopic (exact) mass is 310 g/mol. The Morgan fingerprint density at radius 3 is 2.68 bits per heavy atom. The molecule has 0 unspecified atom stereocenters. The molecule has 1 aliphatic carbocycles. The van der Waals surface area contributed by atoms with Gasteiger partial charge in [0.25, 0.3) is 0 Å². The number of nitrogens with zero attached hydrogens (tertiary/aromatic N) is 3. The Morgan fingerprint density at radius 2 is 1.91 bits per heavy atom. The number of rotatable bonds is 3. The van der Waals surface area contributed by atoms with E-state index in [4.69, 9.17) is 0 Å². The predicted molar refractivity (Wildman–Crippen MR) is 93.5 cm³/mol. The van der Waals surface area contributed by atoms with Crippen molar-refractivity contribution >= 4 is 38.7 Å². The van der Waals surface area contributed by atoms with Crippen molar-refractivity contribution in [3.8, 4) is 0 Å². The van der Waals surface area contributed by atoms with Crippen molar-refractivity contribution in [2.75, 3.05) is 24.3 Å². The zero-order valence-electron chi connectivity index (χ0n) is 12.8. The summed E-state index contributed by atoms with van der Waals surface area (Å²) in [4.78, 5) is 13.6. The highest BCUT2D eigenvalue weighted by Crippen LogP contribution is 2.39. The van der Waals surface area contributed by atoms with Gasteiger partial charge in [-0.25, -0.2) is 9.97 Å². The quantitative estimate of drug-likeness (QED) is 0.794. The van der Waals surface area contributed by atoms with Crippen molar-refractivity contribution in [2.45, 2.75) is 19.3 Å². The van der Waals surface area contributed by atoms with E-state index in [1.807, 2.05) is 25.4 Å². The van der Waals surface area contributed by atoms with Gasteiger partial charge in [-0.15, -0.1) is 11.3 Å². The summed E-state index contributed by atoms with van der Waals surface area (Å²) in [5.41, 5.74) is 3.70. The number of aromatic nitrogens is 2. The van der Waals surface area contributed by atoms with Crippen LogP contribution >= 0.6 is 11.3 Å². The molecule has 3 aromatic rings. The van der Waals surface area contributed by atoms with Crippen LogP contribution in [0.1, 0.15) is 16.9 Å². The van der Waals surface area contributed by atoms with Gasteiger partial charge in [0.1, 0.15) is 17.0 Å². The molecule has 22 heavy (non-hydrogen) atoms. The van der Waals surface area contributed by atoms with E-state index in [1.54, 1.807) is 6.33 Å². The summed E-state index contributed by atoms with van der Waals surface area (Å²) >= 11 is 1.82. The number of hydrogen-bond donors (Lipinski definition) is 1. The number of thiophene rings is 1. The highest BCUT2D eigenvalue weighted by molar-refractivity contribution is 7.19. The molecule has 1 N–H and O–H groups in total. The third-order valence-corrected chi connectivity index (χ3v) is 5.35. The topological polar surface area (TPSA) is 41.0 Å². The van der Waals surface area contributed by atoms with Crippen LogP contribution in [0.3, 0.4) is 0 Å². The van der Waals surface area contributed by atoms with E-state index in [0.29, 0.717) is 0 Å². The summed E-state index contributed by atoms with van der Waals surface area (Å²) in [5.74, 6) is 0.932. The Morgan fingerprint density at radius 1 is 1.09 bits per heavy atom. The predicted octanol–water partition coefficient (Wildman–Crippen LogP) is 3.99. The van der Waals surface area contributed by atoms with Gasteiger partial charge >= 0.3 is 0 Å². The van der Waals surface area contributed by atoms with Crippen LogP contribution in [0, 0.1) is 0 Å². The van der Waals surface area contributed by atoms with E-state index in [2.05, 4.69) is 44.5 Å². The van der Waals surface area contributed by atoms with Crippen molar-refractivity contribution in [2.24, 2.45) is 0 Å². The fourth-order valence-electron chi connectivity index (χ4n) is 3.00. The molecule has 0 saturated carbocycles. The average Bonchev–Trinajstić information content (AvgIpc) is 3.08. The Hall–Kier alpha value is -2.14. The minimum absolute atomic E-state index is 0.932. The molecule has 1 aliphatic rings. The van der Waals surface area contributed by atoms with Crippen LogP contribution in [0.15, 0.2) is 30.6 Å². The number of anilines is 3. The lowest BCUT2D eigenvalue weighted by Gasteiger charge is -2.13. The van der Waals surface area contributed by atoms with E-state index >= 15 is 0 Å². The first-order valence-corrected chi connectivity index (χ1v) is 8.33. The average molecular weight is 310 g/mol. The molecule has 0 radical (unpaired) electrons. The van der Waals surface area contributed by atoms with Gasteiger partial charge in [-0.2, -0.15) is 0 Å². The molecule has 4 rings (SSSR count). The number of nitrogens with one attached hydrogen (secondary N) is 1. The molecule has 0 aliphatic heterocycles. The van der Waals surface area contributed by atoms with Gasteiger partial charge < -0.3 is 10.2 Å². The Kier molecular flexibility index (Phi) is 3.22. The van der Waals surface area contributed by atoms with Crippen LogP contribution in [-0.4, -0.2) is 24.1 Å². The molecule has 1 aromatic carbocycles. The summed E-state index contributed by atoms with van der Waals surface area (Å²) in [6.07, 6.45) is 5.25. The molecule has 2 aromatic heterocycles. The molecule has 0 amide bonds. The molecule has 4 nitrogen and oxygen atoms in total. The molecule has 2 heterocycles. The second-order valence-electron chi connectivity index (χ2n) is 5.83. The van der Waals surface area contributed by atoms with Crippen molar-refractivity contribution in [3.05, 3.63) is 41.0 Å². The van der Waals surface area contributed by atoms with Crippen LogP contribution in [-0.2, 0) is 12.8 Å². The minimum Gasteiger partial charge on any atom is -0.378 e. The smallest absolute Gasteiger partial charge is 0.142 e. The van der Waals surface area contributed by atoms with E-state index < -0.39 is 0 Å². The van der Waals surface area contributed by atoms with E-state index in [1.165, 1.54) is 34.4 Å². The first-order chi connectivity index (χ1) is 10.7. The summed E-state index contributed by atoms with van der Waals surface area (Å²) < 4.78 is 0. The lowest BCUT2D eigenvalue weighted by molar-refractivity contribution is 0.917. The summed E-state index contributed by atoms with van der Waals surface area (Å²) in [6, 6.07) is 8.41. The fraction of sp³-hybridized carbons (Fsp3) is 0.294. The van der Waals surface area contributed by atoms with E-state index in [9.17, 15) is 0 Å². The molecule has 0 saturated heterocycles. The second kappa shape index (κ2) is 5.25. The standard InChI is InChI=1S/C17H18N4S/c1-21(2)12-8-6-11(7-9-12)20-16-15-13-4-3-5-14(13)22-17(15)19-10-18-16/h6-10H,3-5H2,1-2H3,(H,18,19,20). The normalized spacial score (nSPS) is 13.4. The number of hydrogen-bond acceptors (Lipinski definition) is 5. The first-order valence-electron chi connectivity index (χ1n) is 7.52. The van der Waals surface area contributed by atoms with Crippen LogP contribution in [0.4, 0.5) is 17.2 Å². The Labute approximate surface area is 133 Å². The Balaban J connectivity index is 1.72. The summed E-state index contributed by atoms with van der Waals surface area (Å²) in [7, 11) is 4.09. The van der Waals surface area contributed by atoms with E-state index in [0.717, 1.165) is 22.8 Å². The molecule has 5 heteroatoms. The van der Waals surface area contributed by atoms with Crippen molar-refractivity contribution in [3.63, 3.8) is 0 Å². The van der Waals surface area contributed by atoms with Gasteiger partial charge in [-0.05, 0) is 49.1 Å². The third kappa shape index (κ3) is 2.22. The molecule has 0 fully saturated rings. The van der Waals surface area contributed by atoms with Gasteiger partial charge in [0, 0.05) is 30.3 Å². The fourth-order valence-corrected chi connectivity index (χ4v) is 4.23. The van der Waals surface area contributed by atoms with E-state index in [-0.39, 0.29) is 0 Å². The molecule has 112 valence electrons. The van der Waals surface area contributed by atoms with Gasteiger partial charge in [0.2, 0.25) is 0 Å². The number of aryl methyl sites for hydroxylation is 2. The zero-order chi connectivity index (χ0) is 15.1. The SMILES string of the molecule is CN(C)c1ccc(Nc2ncnc3sc4c(c23)CCC4)cc1. The van der Waals surface area contributed by atoms with Gasteiger partial charge in [0.15, 0.2) is 0 Å².